The van der Waals surface area contributed by atoms with Crippen molar-refractivity contribution in [3.8, 4) is 5.75 Å². The van der Waals surface area contributed by atoms with E-state index in [1.807, 2.05) is 0 Å². The summed E-state index contributed by atoms with van der Waals surface area (Å²) < 4.78 is 18.7. The number of halogens is 1. The summed E-state index contributed by atoms with van der Waals surface area (Å²) in [6, 6.07) is 18.2. The smallest absolute Gasteiger partial charge is 0.258 e. The van der Waals surface area contributed by atoms with E-state index in [1.54, 1.807) is 54.6 Å². The molecule has 1 heterocycles. The number of hydrogen-bond acceptors (Lipinski definition) is 4. The van der Waals surface area contributed by atoms with Crippen LogP contribution in [0.3, 0.4) is 0 Å². The Balaban J connectivity index is 1.37. The summed E-state index contributed by atoms with van der Waals surface area (Å²) in [6.45, 7) is -0.0692. The highest BCUT2D eigenvalue weighted by molar-refractivity contribution is 6.15. The third-order valence-electron chi connectivity index (χ3n) is 5.29. The van der Waals surface area contributed by atoms with Crippen LogP contribution in [-0.2, 0) is 16.0 Å². The number of nitrogens with zero attached hydrogens (tertiary/aromatic N) is 1. The molecule has 8 heteroatoms. The fourth-order valence-corrected chi connectivity index (χ4v) is 3.61. The van der Waals surface area contributed by atoms with E-state index in [9.17, 15) is 18.8 Å². The highest BCUT2D eigenvalue weighted by Crippen LogP contribution is 2.30. The lowest BCUT2D eigenvalue weighted by atomic mass is 10.1. The van der Waals surface area contributed by atoms with Crippen LogP contribution < -0.4 is 20.3 Å². The zero-order valence-electron chi connectivity index (χ0n) is 17.9. The van der Waals surface area contributed by atoms with Crippen LogP contribution in [0.5, 0.6) is 5.75 Å². The van der Waals surface area contributed by atoms with E-state index in [4.69, 9.17) is 4.74 Å². The quantitative estimate of drug-likeness (QED) is 0.598. The number of carbonyl (C=O) groups is 3. The molecule has 3 amide bonds. The lowest BCUT2D eigenvalue weighted by Crippen LogP contribution is -2.42. The molecule has 2 N–H and O–H groups in total. The number of benzene rings is 3. The highest BCUT2D eigenvalue weighted by atomic mass is 19.1. The van der Waals surface area contributed by atoms with Crippen molar-refractivity contribution in [3.63, 3.8) is 0 Å². The van der Waals surface area contributed by atoms with E-state index >= 15 is 0 Å². The molecular weight excluding hydrogens is 425 g/mol. The molecule has 0 radical (unpaired) electrons. The molecule has 0 spiro atoms. The number of rotatable bonds is 6. The first-order valence-electron chi connectivity index (χ1n) is 10.4. The van der Waals surface area contributed by atoms with Crippen LogP contribution in [-0.4, -0.2) is 31.4 Å². The minimum Gasteiger partial charge on any atom is -0.494 e. The van der Waals surface area contributed by atoms with Crippen LogP contribution in [0.15, 0.2) is 66.7 Å². The summed E-state index contributed by atoms with van der Waals surface area (Å²) in [5.41, 5.74) is 2.84. The lowest BCUT2D eigenvalue weighted by molar-refractivity contribution is -0.116. The molecule has 0 saturated heterocycles. The first-order valence-corrected chi connectivity index (χ1v) is 10.4. The number of hydrogen-bond donors (Lipinski definition) is 2. The van der Waals surface area contributed by atoms with Gasteiger partial charge in [0.05, 0.1) is 18.5 Å². The highest BCUT2D eigenvalue weighted by Gasteiger charge is 2.27. The third kappa shape index (κ3) is 5.01. The summed E-state index contributed by atoms with van der Waals surface area (Å²) in [5, 5.41) is 5.52. The van der Waals surface area contributed by atoms with Gasteiger partial charge in [-0.25, -0.2) is 4.39 Å². The summed E-state index contributed by atoms with van der Waals surface area (Å²) >= 11 is 0. The van der Waals surface area contributed by atoms with Crippen LogP contribution in [0.4, 0.5) is 21.5 Å². The Kier molecular flexibility index (Phi) is 6.35. The van der Waals surface area contributed by atoms with Gasteiger partial charge in [0.15, 0.2) is 11.6 Å². The molecule has 33 heavy (non-hydrogen) atoms. The molecule has 3 aromatic rings. The van der Waals surface area contributed by atoms with Crippen molar-refractivity contribution >= 4 is 34.8 Å². The van der Waals surface area contributed by atoms with Crippen molar-refractivity contribution in [1.29, 1.82) is 0 Å². The van der Waals surface area contributed by atoms with Gasteiger partial charge < -0.3 is 15.4 Å². The Morgan fingerprint density at radius 2 is 1.85 bits per heavy atom. The summed E-state index contributed by atoms with van der Waals surface area (Å²) in [5.74, 6) is -1.11. The zero-order chi connectivity index (χ0) is 23.4. The minimum atomic E-state index is -0.468. The Bertz CT molecular complexity index is 1210. The topological polar surface area (TPSA) is 87.7 Å². The molecule has 1 aliphatic rings. The van der Waals surface area contributed by atoms with Crippen LogP contribution in [0.2, 0.25) is 0 Å². The largest absolute Gasteiger partial charge is 0.494 e. The van der Waals surface area contributed by atoms with Crippen molar-refractivity contribution in [1.82, 2.24) is 0 Å². The summed E-state index contributed by atoms with van der Waals surface area (Å²) in [6.07, 6.45) is 0.547. The van der Waals surface area contributed by atoms with Crippen molar-refractivity contribution in [2.24, 2.45) is 0 Å². The fraction of sp³-hybridized carbons (Fsp3) is 0.160. The molecular formula is C25H22FN3O4. The van der Waals surface area contributed by atoms with Gasteiger partial charge in [-0.1, -0.05) is 18.2 Å². The van der Waals surface area contributed by atoms with Crippen LogP contribution >= 0.6 is 0 Å². The standard InChI is InChI=1S/C25H22FN3O4/c1-33-22-12-6-16(14-19(22)26)7-13-23(30)27-18-10-8-17(9-11-18)25(32)29-15-24(31)28-20-4-2-3-5-21(20)29/h2-6,8-12,14H,7,13,15H2,1H3,(H,27,30)(H,28,31). The number of para-hydroxylation sites is 2. The van der Waals surface area contributed by atoms with E-state index in [0.29, 0.717) is 34.6 Å². The van der Waals surface area contributed by atoms with E-state index in [-0.39, 0.29) is 36.4 Å². The van der Waals surface area contributed by atoms with Crippen LogP contribution in [0.1, 0.15) is 22.3 Å². The van der Waals surface area contributed by atoms with Crippen molar-refractivity contribution in [2.45, 2.75) is 12.8 Å². The number of nitrogens with one attached hydrogen (secondary N) is 2. The van der Waals surface area contributed by atoms with Gasteiger partial charge in [0.1, 0.15) is 6.54 Å². The summed E-state index contributed by atoms with van der Waals surface area (Å²) in [7, 11) is 1.40. The molecule has 7 nitrogen and oxygen atoms in total. The van der Waals surface area contributed by atoms with Gasteiger partial charge in [0, 0.05) is 17.7 Å². The number of methoxy groups -OCH3 is 1. The second kappa shape index (κ2) is 9.52. The molecule has 0 bridgehead atoms. The molecule has 0 saturated carbocycles. The second-order valence-electron chi connectivity index (χ2n) is 7.55. The van der Waals surface area contributed by atoms with Gasteiger partial charge in [-0.05, 0) is 60.5 Å². The van der Waals surface area contributed by atoms with E-state index in [2.05, 4.69) is 10.6 Å². The molecule has 3 aromatic carbocycles. The van der Waals surface area contributed by atoms with Crippen molar-refractivity contribution in [3.05, 3.63) is 83.7 Å². The fourth-order valence-electron chi connectivity index (χ4n) is 3.61. The van der Waals surface area contributed by atoms with Gasteiger partial charge in [-0.2, -0.15) is 0 Å². The SMILES string of the molecule is COc1ccc(CCC(=O)Nc2ccc(C(=O)N3CC(=O)Nc4ccccc43)cc2)cc1F. The third-order valence-corrected chi connectivity index (χ3v) is 5.29. The van der Waals surface area contributed by atoms with Crippen molar-refractivity contribution in [2.75, 3.05) is 29.2 Å². The lowest BCUT2D eigenvalue weighted by Gasteiger charge is -2.29. The van der Waals surface area contributed by atoms with Gasteiger partial charge in [-0.3, -0.25) is 19.3 Å². The molecule has 0 atom stereocenters. The molecule has 4 rings (SSSR count). The molecule has 0 aliphatic carbocycles. The predicted octanol–water partition coefficient (Wildman–Crippen LogP) is 4.00. The molecule has 0 aromatic heterocycles. The molecule has 168 valence electrons. The van der Waals surface area contributed by atoms with Crippen LogP contribution in [0, 0.1) is 5.82 Å². The number of amides is 3. The second-order valence-corrected chi connectivity index (χ2v) is 7.55. The van der Waals surface area contributed by atoms with Crippen molar-refractivity contribution < 1.29 is 23.5 Å². The number of carbonyl (C=O) groups excluding carboxylic acids is 3. The van der Waals surface area contributed by atoms with Gasteiger partial charge in [-0.15, -0.1) is 0 Å². The van der Waals surface area contributed by atoms with E-state index < -0.39 is 5.82 Å². The van der Waals surface area contributed by atoms with E-state index in [1.165, 1.54) is 24.1 Å². The number of aryl methyl sites for hydroxylation is 1. The van der Waals surface area contributed by atoms with Gasteiger partial charge in [0.2, 0.25) is 11.8 Å². The average Bonchev–Trinajstić information content (AvgIpc) is 2.82. The minimum absolute atomic E-state index is 0.0692. The molecule has 0 unspecified atom stereocenters. The summed E-state index contributed by atoms with van der Waals surface area (Å²) in [4.78, 5) is 38.7. The van der Waals surface area contributed by atoms with E-state index in [0.717, 1.165) is 0 Å². The maximum Gasteiger partial charge on any atom is 0.258 e. The normalized spacial score (nSPS) is 12.5. The first kappa shape index (κ1) is 22.0. The number of anilines is 3. The monoisotopic (exact) mass is 447 g/mol. The maximum absolute atomic E-state index is 13.8. The Morgan fingerprint density at radius 1 is 1.09 bits per heavy atom. The average molecular weight is 447 g/mol. The molecule has 0 fully saturated rings. The zero-order valence-corrected chi connectivity index (χ0v) is 17.9. The van der Waals surface area contributed by atoms with Crippen LogP contribution in [0.25, 0.3) is 0 Å². The Labute approximate surface area is 190 Å². The molecule has 1 aliphatic heterocycles. The van der Waals surface area contributed by atoms with Gasteiger partial charge >= 0.3 is 0 Å². The van der Waals surface area contributed by atoms with Gasteiger partial charge in [0.25, 0.3) is 5.91 Å². The Hall–Kier alpha value is -4.20. The Morgan fingerprint density at radius 3 is 2.58 bits per heavy atom. The first-order chi connectivity index (χ1) is 15.9. The maximum atomic E-state index is 13.8. The number of ether oxygens (including phenoxy) is 1. The predicted molar refractivity (Wildman–Crippen MR) is 123 cm³/mol. The number of fused-ring (bicyclic) bond motifs is 1.